The van der Waals surface area contributed by atoms with E-state index in [1.165, 1.54) is 55.9 Å². The van der Waals surface area contributed by atoms with Gasteiger partial charge in [0, 0.05) is 6.61 Å². The maximum Gasteiger partial charge on any atom is 0.468 e. The van der Waals surface area contributed by atoms with Crippen molar-refractivity contribution in [2.24, 2.45) is 0 Å². The normalized spacial score (nSPS) is 11.1. The van der Waals surface area contributed by atoms with E-state index in [0.717, 1.165) is 19.6 Å². The first kappa shape index (κ1) is 20.9. The van der Waals surface area contributed by atoms with E-state index in [-0.39, 0.29) is 18.2 Å². The minimum atomic E-state index is 0.0594. The van der Waals surface area contributed by atoms with Crippen LogP contribution in [0.5, 0.6) is 0 Å². The van der Waals surface area contributed by atoms with E-state index in [0.29, 0.717) is 6.79 Å². The van der Waals surface area contributed by atoms with Gasteiger partial charge < -0.3 is 22.4 Å². The molecule has 0 aromatic heterocycles. The molecule has 0 aliphatic carbocycles. The molecule has 4 heteroatoms. The highest BCUT2D eigenvalue weighted by molar-refractivity contribution is 9.23. The van der Waals surface area contributed by atoms with Crippen molar-refractivity contribution in [3.05, 3.63) is 12.2 Å². The molecule has 0 aliphatic rings. The molecular formula is C16H31BrMgO2. The molecular weight excluding hydrogens is 328 g/mol. The molecule has 0 heterocycles. The van der Waals surface area contributed by atoms with Crippen LogP contribution in [0.3, 0.4) is 0 Å². The Labute approximate surface area is 141 Å². The number of hydrogen-bond donors (Lipinski definition) is 0. The van der Waals surface area contributed by atoms with E-state index in [4.69, 9.17) is 9.47 Å². The summed E-state index contributed by atoms with van der Waals surface area (Å²) < 4.78 is 12.2. The van der Waals surface area contributed by atoms with Crippen molar-refractivity contribution in [1.82, 2.24) is 0 Å². The van der Waals surface area contributed by atoms with Crippen LogP contribution < -0.4 is 0 Å². The molecule has 0 aromatic carbocycles. The fraction of sp³-hybridized carbons (Fsp3) is 0.875. The van der Waals surface area contributed by atoms with Crippen molar-refractivity contribution >= 4 is 31.1 Å². The molecule has 0 rings (SSSR count). The standard InChI is InChI=1S/C16H31O2.BrH.Mg/c1-3-5-7-9-10-11-13-15-18-16-17-14-12-8-6-4-2;;/h6,8H,2-5,7,9-16H2,1H3;1H;/q;;+1/p-1/b8-6+;;. The van der Waals surface area contributed by atoms with Gasteiger partial charge in [0.25, 0.3) is 0 Å². The Bertz CT molecular complexity index is 201. The molecule has 0 saturated heterocycles. The highest BCUT2D eigenvalue weighted by Gasteiger charge is 1.92. The summed E-state index contributed by atoms with van der Waals surface area (Å²) in [7, 11) is 0. The summed E-state index contributed by atoms with van der Waals surface area (Å²) in [6.07, 6.45) is 16.0. The van der Waals surface area contributed by atoms with Crippen molar-refractivity contribution < 1.29 is 9.47 Å². The van der Waals surface area contributed by atoms with E-state index in [1.54, 1.807) is 0 Å². The maximum atomic E-state index is 5.46. The van der Waals surface area contributed by atoms with Gasteiger partial charge in [-0.15, -0.1) is 4.55 Å². The molecule has 2 nitrogen and oxygen atoms in total. The predicted octanol–water partition coefficient (Wildman–Crippen LogP) is 5.50. The van der Waals surface area contributed by atoms with Gasteiger partial charge in [0.15, 0.2) is 0 Å². The summed E-state index contributed by atoms with van der Waals surface area (Å²) in [6, 6.07) is 0. The van der Waals surface area contributed by atoms with Gasteiger partial charge in [0.2, 0.25) is 0 Å². The summed E-state index contributed by atoms with van der Waals surface area (Å²) >= 11 is 3.62. The number of ether oxygens (including phenoxy) is 2. The van der Waals surface area contributed by atoms with Crippen LogP contribution in [-0.2, 0) is 9.47 Å². The minimum Gasteiger partial charge on any atom is -0.355 e. The van der Waals surface area contributed by atoms with Crippen molar-refractivity contribution in [3.8, 4) is 0 Å². The Kier molecular flexibility index (Phi) is 20.8. The first-order chi connectivity index (χ1) is 9.91. The van der Waals surface area contributed by atoms with E-state index >= 15 is 0 Å². The van der Waals surface area contributed by atoms with Crippen LogP contribution in [0.2, 0.25) is 4.55 Å². The van der Waals surface area contributed by atoms with Crippen LogP contribution in [0.15, 0.2) is 12.2 Å². The largest absolute Gasteiger partial charge is 0.468 e. The molecule has 0 radical (unpaired) electrons. The topological polar surface area (TPSA) is 18.5 Å². The summed E-state index contributed by atoms with van der Waals surface area (Å²) in [4.78, 5) is 0. The van der Waals surface area contributed by atoms with Crippen LogP contribution in [0.1, 0.15) is 64.7 Å². The van der Waals surface area contributed by atoms with Crippen molar-refractivity contribution in [1.29, 1.82) is 0 Å². The zero-order valence-corrected chi connectivity index (χ0v) is 16.2. The lowest BCUT2D eigenvalue weighted by atomic mass is 10.1. The molecule has 116 valence electrons. The second-order valence-electron chi connectivity index (χ2n) is 5.15. The van der Waals surface area contributed by atoms with Crippen LogP contribution in [0.25, 0.3) is 0 Å². The average Bonchev–Trinajstić information content (AvgIpc) is 2.47. The third-order valence-electron chi connectivity index (χ3n) is 3.16. The molecule has 20 heavy (non-hydrogen) atoms. The van der Waals surface area contributed by atoms with E-state index in [2.05, 4.69) is 32.0 Å². The quantitative estimate of drug-likeness (QED) is 0.157. The third kappa shape index (κ3) is 18.9. The molecule has 0 unspecified atom stereocenters. The molecule has 0 saturated carbocycles. The van der Waals surface area contributed by atoms with Crippen LogP contribution in [-0.4, -0.2) is 38.2 Å². The SMILES string of the molecule is CCCCCCCCCOCOCC/C=C/C[CH2][Mg][Br]. The Morgan fingerprint density at radius 2 is 1.50 bits per heavy atom. The van der Waals surface area contributed by atoms with E-state index in [9.17, 15) is 0 Å². The molecule has 0 N–H and O–H groups in total. The van der Waals surface area contributed by atoms with Crippen LogP contribution >= 0.6 is 12.9 Å². The van der Waals surface area contributed by atoms with Gasteiger partial charge in [-0.1, -0.05) is 64.0 Å². The lowest BCUT2D eigenvalue weighted by molar-refractivity contribution is -0.0531. The predicted molar refractivity (Wildman–Crippen MR) is 92.6 cm³/mol. The second-order valence-corrected chi connectivity index (χ2v) is 8.61. The molecule has 0 fully saturated rings. The molecule has 0 atom stereocenters. The summed E-state index contributed by atoms with van der Waals surface area (Å²) in [6.45, 7) is 4.34. The number of unbranched alkanes of at least 4 members (excludes halogenated alkanes) is 6. The number of allylic oxidation sites excluding steroid dienone is 1. The van der Waals surface area contributed by atoms with Gasteiger partial charge in [0.1, 0.15) is 6.79 Å². The monoisotopic (exact) mass is 358 g/mol. The minimum absolute atomic E-state index is 0.0594. The lowest BCUT2D eigenvalue weighted by Crippen LogP contribution is -2.02. The Morgan fingerprint density at radius 3 is 2.25 bits per heavy atom. The smallest absolute Gasteiger partial charge is 0.355 e. The van der Waals surface area contributed by atoms with E-state index in [1.807, 2.05) is 0 Å². The molecule has 0 amide bonds. The first-order valence-electron chi connectivity index (χ1n) is 8.28. The highest BCUT2D eigenvalue weighted by atomic mass is 79.9. The maximum absolute atomic E-state index is 5.46. The Morgan fingerprint density at radius 1 is 0.850 bits per heavy atom. The zero-order valence-electron chi connectivity index (χ0n) is 13.2. The first-order valence-corrected chi connectivity index (χ1v) is 13.2. The van der Waals surface area contributed by atoms with Gasteiger partial charge in [-0.05, 0) is 12.8 Å². The highest BCUT2D eigenvalue weighted by Crippen LogP contribution is 2.06. The molecule has 0 aliphatic heterocycles. The Balaban J connectivity index is 2.97. The second kappa shape index (κ2) is 19.9. The Hall–Kier alpha value is 0.906. The molecule has 0 spiro atoms. The van der Waals surface area contributed by atoms with Crippen molar-refractivity contribution in [2.75, 3.05) is 20.0 Å². The third-order valence-corrected chi connectivity index (χ3v) is 5.52. The summed E-state index contributed by atoms with van der Waals surface area (Å²) in [5.41, 5.74) is 0. The summed E-state index contributed by atoms with van der Waals surface area (Å²) in [5.74, 6) is 0. The van der Waals surface area contributed by atoms with Crippen LogP contribution in [0.4, 0.5) is 0 Å². The van der Waals surface area contributed by atoms with Crippen LogP contribution in [0, 0.1) is 0 Å². The van der Waals surface area contributed by atoms with Gasteiger partial charge in [-0.2, -0.15) is 0 Å². The average molecular weight is 360 g/mol. The number of halogens is 1. The van der Waals surface area contributed by atoms with Gasteiger partial charge in [0.05, 0.1) is 6.61 Å². The number of hydrogen-bond acceptors (Lipinski definition) is 2. The van der Waals surface area contributed by atoms with Gasteiger partial charge in [-0.25, -0.2) is 0 Å². The molecule has 0 bridgehead atoms. The van der Waals surface area contributed by atoms with Crippen molar-refractivity contribution in [3.63, 3.8) is 0 Å². The fourth-order valence-corrected chi connectivity index (χ4v) is 3.28. The summed E-state index contributed by atoms with van der Waals surface area (Å²) in [5, 5.41) is 0. The van der Waals surface area contributed by atoms with Crippen molar-refractivity contribution in [2.45, 2.75) is 69.3 Å². The number of rotatable bonds is 16. The fourth-order valence-electron chi connectivity index (χ4n) is 1.92. The van der Waals surface area contributed by atoms with Gasteiger partial charge in [-0.3, -0.25) is 0 Å². The molecule has 0 aromatic rings. The van der Waals surface area contributed by atoms with Gasteiger partial charge >= 0.3 is 18.2 Å². The lowest BCUT2D eigenvalue weighted by Gasteiger charge is -2.05. The van der Waals surface area contributed by atoms with E-state index < -0.39 is 0 Å². The zero-order chi connectivity index (χ0) is 14.7.